The maximum Gasteiger partial charge on any atom is 0.336 e. The lowest BCUT2D eigenvalue weighted by Crippen LogP contribution is -2.36. The van der Waals surface area contributed by atoms with Crippen molar-refractivity contribution >= 4 is 28.8 Å². The van der Waals surface area contributed by atoms with E-state index in [1.54, 1.807) is 30.4 Å². The van der Waals surface area contributed by atoms with Crippen LogP contribution in [0.4, 0.5) is 5.69 Å². The number of dihydropyridines is 1. The highest BCUT2D eigenvalue weighted by atomic mass is 32.1. The molecule has 4 rings (SSSR count). The van der Waals surface area contributed by atoms with Crippen LogP contribution in [0.3, 0.4) is 0 Å². The molecular formula is C24H24N2O6S. The van der Waals surface area contributed by atoms with Gasteiger partial charge in [-0.25, -0.2) is 4.79 Å². The molecule has 1 aromatic heterocycles. The maximum atomic E-state index is 13.5. The highest BCUT2D eigenvalue weighted by molar-refractivity contribution is 7.10. The zero-order valence-electron chi connectivity index (χ0n) is 18.3. The Hall–Kier alpha value is -3.30. The summed E-state index contributed by atoms with van der Waals surface area (Å²) < 4.78 is 10.4. The molecule has 2 heterocycles. The molecule has 0 radical (unpaired) electrons. The van der Waals surface area contributed by atoms with Gasteiger partial charge in [-0.05, 0) is 30.4 Å². The van der Waals surface area contributed by atoms with Crippen LogP contribution in [-0.4, -0.2) is 37.0 Å². The fourth-order valence-electron chi connectivity index (χ4n) is 4.48. The van der Waals surface area contributed by atoms with Gasteiger partial charge >= 0.3 is 5.97 Å². The number of methoxy groups -OCH3 is 1. The lowest BCUT2D eigenvalue weighted by molar-refractivity contribution is -0.384. The van der Waals surface area contributed by atoms with Crippen molar-refractivity contribution < 1.29 is 24.0 Å². The number of carbonyl (C=O) groups is 2. The molecular weight excluding hydrogens is 444 g/mol. The van der Waals surface area contributed by atoms with E-state index in [0.717, 1.165) is 10.6 Å². The number of nitro groups is 1. The fourth-order valence-corrected chi connectivity index (χ4v) is 5.31. The van der Waals surface area contributed by atoms with E-state index in [0.29, 0.717) is 29.7 Å². The Balaban J connectivity index is 1.79. The van der Waals surface area contributed by atoms with Crippen LogP contribution in [0.15, 0.2) is 64.3 Å². The SMILES string of the molecule is COCCOC(=O)C1=C(C)NC2=C(C(=O)C[C@H](c3cccs3)C2)[C@@H]1c1cccc([N+](=O)[O-])c1. The topological polar surface area (TPSA) is 108 Å². The Morgan fingerprint density at radius 2 is 2.06 bits per heavy atom. The van der Waals surface area contributed by atoms with Gasteiger partial charge < -0.3 is 14.8 Å². The second-order valence-electron chi connectivity index (χ2n) is 8.01. The van der Waals surface area contributed by atoms with Crippen molar-refractivity contribution in [1.29, 1.82) is 0 Å². The number of nitrogens with zero attached hydrogens (tertiary/aromatic N) is 1. The highest BCUT2D eigenvalue weighted by Gasteiger charge is 2.41. The number of hydrogen-bond donors (Lipinski definition) is 1. The Kier molecular flexibility index (Phi) is 6.71. The predicted molar refractivity (Wildman–Crippen MR) is 123 cm³/mol. The Bertz CT molecular complexity index is 1150. The zero-order chi connectivity index (χ0) is 23.5. The van der Waals surface area contributed by atoms with Crippen molar-refractivity contribution in [2.24, 2.45) is 0 Å². The fraction of sp³-hybridized carbons (Fsp3) is 0.333. The second kappa shape index (κ2) is 9.68. The van der Waals surface area contributed by atoms with Crippen LogP contribution < -0.4 is 5.32 Å². The Morgan fingerprint density at radius 1 is 1.24 bits per heavy atom. The molecule has 2 aromatic rings. The third-order valence-corrected chi connectivity index (χ3v) is 6.96. The van der Waals surface area contributed by atoms with Gasteiger partial charge in [-0.1, -0.05) is 18.2 Å². The van der Waals surface area contributed by atoms with Gasteiger partial charge in [0.25, 0.3) is 5.69 Å². The maximum absolute atomic E-state index is 13.5. The van der Waals surface area contributed by atoms with Gasteiger partial charge in [0.15, 0.2) is 5.78 Å². The molecule has 2 aliphatic rings. The Morgan fingerprint density at radius 3 is 2.76 bits per heavy atom. The summed E-state index contributed by atoms with van der Waals surface area (Å²) in [5, 5.41) is 16.7. The number of hydrogen-bond acceptors (Lipinski definition) is 8. The van der Waals surface area contributed by atoms with E-state index >= 15 is 0 Å². The van der Waals surface area contributed by atoms with Gasteiger partial charge in [-0.2, -0.15) is 0 Å². The molecule has 0 fully saturated rings. The predicted octanol–water partition coefficient (Wildman–Crippen LogP) is 4.21. The molecule has 1 aromatic carbocycles. The molecule has 0 spiro atoms. The molecule has 0 bridgehead atoms. The molecule has 2 atom stereocenters. The number of nitrogens with one attached hydrogen (secondary N) is 1. The number of nitro benzene ring substituents is 1. The molecule has 0 unspecified atom stereocenters. The van der Waals surface area contributed by atoms with Gasteiger partial charge in [-0.3, -0.25) is 14.9 Å². The number of ketones is 1. The van der Waals surface area contributed by atoms with E-state index in [-0.39, 0.29) is 36.2 Å². The smallest absolute Gasteiger partial charge is 0.336 e. The molecule has 8 nitrogen and oxygen atoms in total. The summed E-state index contributed by atoms with van der Waals surface area (Å²) >= 11 is 1.62. The van der Waals surface area contributed by atoms with E-state index in [4.69, 9.17) is 9.47 Å². The molecule has 1 aliphatic heterocycles. The average molecular weight is 469 g/mol. The summed E-state index contributed by atoms with van der Waals surface area (Å²) in [6, 6.07) is 10.1. The summed E-state index contributed by atoms with van der Waals surface area (Å²) in [6.45, 7) is 2.07. The number of Topliss-reactive ketones (excluding diaryl/α,β-unsaturated/α-hetero) is 1. The number of rotatable bonds is 7. The number of ether oxygens (including phenoxy) is 2. The third-order valence-electron chi connectivity index (χ3n) is 5.93. The molecule has 1 N–H and O–H groups in total. The van der Waals surface area contributed by atoms with Crippen molar-refractivity contribution in [1.82, 2.24) is 5.32 Å². The average Bonchev–Trinajstić information content (AvgIpc) is 3.33. The van der Waals surface area contributed by atoms with E-state index in [1.165, 1.54) is 19.2 Å². The second-order valence-corrected chi connectivity index (χ2v) is 8.99. The summed E-state index contributed by atoms with van der Waals surface area (Å²) in [6.07, 6.45) is 0.938. The first kappa shape index (κ1) is 22.9. The van der Waals surface area contributed by atoms with Gasteiger partial charge in [0.05, 0.1) is 17.1 Å². The van der Waals surface area contributed by atoms with Gasteiger partial charge in [0.1, 0.15) is 6.61 Å². The van der Waals surface area contributed by atoms with Crippen LogP contribution in [0, 0.1) is 10.1 Å². The summed E-state index contributed by atoms with van der Waals surface area (Å²) in [4.78, 5) is 38.6. The van der Waals surface area contributed by atoms with Crippen molar-refractivity contribution in [3.63, 3.8) is 0 Å². The van der Waals surface area contributed by atoms with Crippen LogP contribution in [0.25, 0.3) is 0 Å². The van der Waals surface area contributed by atoms with Crippen LogP contribution >= 0.6 is 11.3 Å². The minimum Gasteiger partial charge on any atom is -0.460 e. The van der Waals surface area contributed by atoms with Gasteiger partial charge in [-0.15, -0.1) is 11.3 Å². The number of carbonyl (C=O) groups excluding carboxylic acids is 2. The van der Waals surface area contributed by atoms with Crippen molar-refractivity contribution in [3.8, 4) is 0 Å². The van der Waals surface area contributed by atoms with Crippen LogP contribution in [0.5, 0.6) is 0 Å². The Labute approximate surface area is 195 Å². The highest BCUT2D eigenvalue weighted by Crippen LogP contribution is 2.46. The third kappa shape index (κ3) is 4.60. The molecule has 1 aliphatic carbocycles. The standard InChI is InChI=1S/C24H24N2O6S/c1-14-21(24(28)32-9-8-31-2)22(15-5-3-6-17(11-15)26(29)30)23-18(25-14)12-16(13-19(23)27)20-7-4-10-33-20/h3-7,10-11,16,22,25H,8-9,12-13H2,1-2H3/t16-,22-/m1/s1. The van der Waals surface area contributed by atoms with Crippen LogP contribution in [-0.2, 0) is 19.1 Å². The number of benzene rings is 1. The van der Waals surface area contributed by atoms with E-state index in [9.17, 15) is 19.7 Å². The molecule has 9 heteroatoms. The molecule has 0 saturated heterocycles. The molecule has 33 heavy (non-hydrogen) atoms. The lowest BCUT2D eigenvalue weighted by Gasteiger charge is -2.36. The lowest BCUT2D eigenvalue weighted by atomic mass is 9.72. The number of allylic oxidation sites excluding steroid dienone is 3. The normalized spacial score (nSPS) is 20.4. The molecule has 172 valence electrons. The number of non-ortho nitro benzene ring substituents is 1. The van der Waals surface area contributed by atoms with Crippen LogP contribution in [0.1, 0.15) is 42.0 Å². The van der Waals surface area contributed by atoms with Crippen LogP contribution in [0.2, 0.25) is 0 Å². The van der Waals surface area contributed by atoms with E-state index < -0.39 is 16.8 Å². The first-order chi connectivity index (χ1) is 15.9. The summed E-state index contributed by atoms with van der Waals surface area (Å²) in [7, 11) is 1.51. The van der Waals surface area contributed by atoms with Gasteiger partial charge in [0.2, 0.25) is 0 Å². The van der Waals surface area contributed by atoms with Crippen molar-refractivity contribution in [2.45, 2.75) is 31.6 Å². The largest absolute Gasteiger partial charge is 0.460 e. The molecule has 0 amide bonds. The minimum absolute atomic E-state index is 0.0533. The number of esters is 1. The zero-order valence-corrected chi connectivity index (χ0v) is 19.1. The first-order valence-corrected chi connectivity index (χ1v) is 11.5. The van der Waals surface area contributed by atoms with Gasteiger partial charge in [0, 0.05) is 59.3 Å². The quantitative estimate of drug-likeness (QED) is 0.281. The monoisotopic (exact) mass is 468 g/mol. The van der Waals surface area contributed by atoms with E-state index in [2.05, 4.69) is 5.32 Å². The minimum atomic E-state index is -0.743. The summed E-state index contributed by atoms with van der Waals surface area (Å²) in [5.41, 5.74) is 2.51. The van der Waals surface area contributed by atoms with Crippen molar-refractivity contribution in [2.75, 3.05) is 20.3 Å². The first-order valence-electron chi connectivity index (χ1n) is 10.6. The molecule has 0 saturated carbocycles. The summed E-state index contributed by atoms with van der Waals surface area (Å²) in [5.74, 6) is -1.34. The number of thiophene rings is 1. The van der Waals surface area contributed by atoms with Crippen molar-refractivity contribution in [3.05, 3.63) is 84.9 Å². The van der Waals surface area contributed by atoms with E-state index in [1.807, 2.05) is 17.5 Å².